The lowest BCUT2D eigenvalue weighted by Gasteiger charge is -2.10. The second-order valence-electron chi connectivity index (χ2n) is 4.26. The lowest BCUT2D eigenvalue weighted by Crippen LogP contribution is -2.10. The van der Waals surface area contributed by atoms with Crippen LogP contribution in [0.15, 0.2) is 4.52 Å². The molecule has 0 spiro atoms. The summed E-state index contributed by atoms with van der Waals surface area (Å²) in [5, 5.41) is 24.3. The SMILES string of the molecule is CCc1nnc(NCc2nc(C)no2)c(C#N)c1CC. The van der Waals surface area contributed by atoms with Crippen molar-refractivity contribution in [1.82, 2.24) is 20.3 Å². The average molecular weight is 272 g/mol. The summed E-state index contributed by atoms with van der Waals surface area (Å²) in [5.74, 6) is 1.48. The zero-order chi connectivity index (χ0) is 14.5. The Labute approximate surface area is 117 Å². The van der Waals surface area contributed by atoms with Crippen molar-refractivity contribution < 1.29 is 4.52 Å². The van der Waals surface area contributed by atoms with Gasteiger partial charge in [0.2, 0.25) is 5.89 Å². The van der Waals surface area contributed by atoms with E-state index in [9.17, 15) is 5.26 Å². The Bertz CT molecular complexity index is 643. The molecule has 20 heavy (non-hydrogen) atoms. The number of nitrogens with zero attached hydrogens (tertiary/aromatic N) is 5. The van der Waals surface area contributed by atoms with Gasteiger partial charge in [0.1, 0.15) is 11.6 Å². The first-order valence-electron chi connectivity index (χ1n) is 6.51. The van der Waals surface area contributed by atoms with Gasteiger partial charge >= 0.3 is 0 Å². The predicted molar refractivity (Wildman–Crippen MR) is 71.9 cm³/mol. The molecule has 0 saturated carbocycles. The highest BCUT2D eigenvalue weighted by Crippen LogP contribution is 2.20. The second kappa shape index (κ2) is 6.10. The summed E-state index contributed by atoms with van der Waals surface area (Å²) in [6.45, 7) is 6.07. The maximum atomic E-state index is 9.34. The molecule has 0 radical (unpaired) electrons. The van der Waals surface area contributed by atoms with Crippen molar-refractivity contribution in [3.63, 3.8) is 0 Å². The smallest absolute Gasteiger partial charge is 0.245 e. The third-order valence-corrected chi connectivity index (χ3v) is 2.93. The van der Waals surface area contributed by atoms with Crippen LogP contribution in [-0.2, 0) is 19.4 Å². The van der Waals surface area contributed by atoms with E-state index in [1.165, 1.54) is 0 Å². The van der Waals surface area contributed by atoms with Crippen molar-refractivity contribution >= 4 is 5.82 Å². The lowest BCUT2D eigenvalue weighted by molar-refractivity contribution is 0.379. The van der Waals surface area contributed by atoms with E-state index < -0.39 is 0 Å². The number of hydrogen-bond donors (Lipinski definition) is 1. The van der Waals surface area contributed by atoms with Gasteiger partial charge in [-0.1, -0.05) is 19.0 Å². The molecule has 0 aromatic carbocycles. The maximum absolute atomic E-state index is 9.34. The van der Waals surface area contributed by atoms with Crippen molar-refractivity contribution in [3.8, 4) is 6.07 Å². The molecule has 7 nitrogen and oxygen atoms in total. The molecule has 7 heteroatoms. The molecule has 0 aliphatic heterocycles. The third kappa shape index (κ3) is 2.74. The molecule has 104 valence electrons. The molecule has 2 aromatic heterocycles. The number of aryl methyl sites for hydroxylation is 2. The Morgan fingerprint density at radius 1 is 1.25 bits per heavy atom. The van der Waals surface area contributed by atoms with Crippen LogP contribution in [0.1, 0.15) is 42.4 Å². The quantitative estimate of drug-likeness (QED) is 0.885. The van der Waals surface area contributed by atoms with Crippen molar-refractivity contribution in [3.05, 3.63) is 28.5 Å². The topological polar surface area (TPSA) is 101 Å². The van der Waals surface area contributed by atoms with Gasteiger partial charge in [0.25, 0.3) is 0 Å². The molecule has 0 aliphatic carbocycles. The van der Waals surface area contributed by atoms with E-state index in [1.54, 1.807) is 6.92 Å². The maximum Gasteiger partial charge on any atom is 0.245 e. The highest BCUT2D eigenvalue weighted by molar-refractivity contribution is 5.56. The molecular formula is C13H16N6O. The monoisotopic (exact) mass is 272 g/mol. The minimum Gasteiger partial charge on any atom is -0.358 e. The largest absolute Gasteiger partial charge is 0.358 e. The van der Waals surface area contributed by atoms with Gasteiger partial charge in [-0.3, -0.25) is 0 Å². The summed E-state index contributed by atoms with van der Waals surface area (Å²) >= 11 is 0. The number of nitriles is 1. The van der Waals surface area contributed by atoms with E-state index in [2.05, 4.69) is 31.7 Å². The molecule has 2 rings (SSSR count). The Morgan fingerprint density at radius 3 is 2.60 bits per heavy atom. The van der Waals surface area contributed by atoms with E-state index in [4.69, 9.17) is 4.52 Å². The van der Waals surface area contributed by atoms with Crippen LogP contribution in [0.5, 0.6) is 0 Å². The van der Waals surface area contributed by atoms with Gasteiger partial charge in [0.15, 0.2) is 11.6 Å². The van der Waals surface area contributed by atoms with Crippen LogP contribution >= 0.6 is 0 Å². The first-order valence-corrected chi connectivity index (χ1v) is 6.51. The number of hydrogen-bond acceptors (Lipinski definition) is 7. The fraction of sp³-hybridized carbons (Fsp3) is 0.462. The van der Waals surface area contributed by atoms with Crippen LogP contribution in [0, 0.1) is 18.3 Å². The fourth-order valence-corrected chi connectivity index (χ4v) is 1.99. The van der Waals surface area contributed by atoms with Crippen LogP contribution in [0.25, 0.3) is 0 Å². The van der Waals surface area contributed by atoms with E-state index >= 15 is 0 Å². The molecule has 0 aliphatic rings. The molecule has 2 heterocycles. The van der Waals surface area contributed by atoms with Gasteiger partial charge in [0, 0.05) is 0 Å². The average Bonchev–Trinajstić information content (AvgIpc) is 2.89. The second-order valence-corrected chi connectivity index (χ2v) is 4.26. The van der Waals surface area contributed by atoms with E-state index in [-0.39, 0.29) is 0 Å². The van der Waals surface area contributed by atoms with Crippen molar-refractivity contribution in [1.29, 1.82) is 5.26 Å². The molecule has 0 fully saturated rings. The van der Waals surface area contributed by atoms with Crippen LogP contribution in [0.3, 0.4) is 0 Å². The van der Waals surface area contributed by atoms with E-state index in [0.717, 1.165) is 24.1 Å². The Hall–Kier alpha value is -2.49. The van der Waals surface area contributed by atoms with Gasteiger partial charge in [-0.2, -0.15) is 15.3 Å². The first kappa shape index (κ1) is 13.9. The van der Waals surface area contributed by atoms with Gasteiger partial charge < -0.3 is 9.84 Å². The van der Waals surface area contributed by atoms with Crippen molar-refractivity contribution in [2.75, 3.05) is 5.32 Å². The van der Waals surface area contributed by atoms with Crippen molar-refractivity contribution in [2.45, 2.75) is 40.2 Å². The molecule has 0 saturated heterocycles. The summed E-state index contributed by atoms with van der Waals surface area (Å²) in [5.41, 5.74) is 2.34. The standard InChI is InChI=1S/C13H16N6O/c1-4-9-10(6-14)13(18-17-11(9)5-2)15-7-12-16-8(3)19-20-12/h4-5,7H2,1-3H3,(H,15,18). The highest BCUT2D eigenvalue weighted by Gasteiger charge is 2.14. The molecule has 1 N–H and O–H groups in total. The zero-order valence-corrected chi connectivity index (χ0v) is 11.8. The van der Waals surface area contributed by atoms with Crippen molar-refractivity contribution in [2.24, 2.45) is 0 Å². The summed E-state index contributed by atoms with van der Waals surface area (Å²) < 4.78 is 5.01. The van der Waals surface area contributed by atoms with Crippen LogP contribution in [0.4, 0.5) is 5.82 Å². The Balaban J connectivity index is 2.25. The van der Waals surface area contributed by atoms with Crippen LogP contribution in [0.2, 0.25) is 0 Å². The van der Waals surface area contributed by atoms with Gasteiger partial charge in [0.05, 0.1) is 12.2 Å². The minimum atomic E-state index is 0.318. The number of anilines is 1. The van der Waals surface area contributed by atoms with Gasteiger partial charge in [-0.25, -0.2) is 0 Å². The van der Waals surface area contributed by atoms with E-state index in [1.807, 2.05) is 13.8 Å². The van der Waals surface area contributed by atoms with Gasteiger partial charge in [-0.15, -0.1) is 5.10 Å². The predicted octanol–water partition coefficient (Wildman–Crippen LogP) is 1.78. The van der Waals surface area contributed by atoms with Crippen LogP contribution in [-0.4, -0.2) is 20.3 Å². The zero-order valence-electron chi connectivity index (χ0n) is 11.8. The Morgan fingerprint density at radius 2 is 2.05 bits per heavy atom. The van der Waals surface area contributed by atoms with E-state index in [0.29, 0.717) is 29.6 Å². The Kier molecular flexibility index (Phi) is 4.25. The summed E-state index contributed by atoms with van der Waals surface area (Å²) in [4.78, 5) is 4.09. The normalized spacial score (nSPS) is 10.3. The number of nitrogens with one attached hydrogen (secondary N) is 1. The molecule has 0 amide bonds. The molecule has 2 aromatic rings. The number of rotatable bonds is 5. The molecule has 0 atom stereocenters. The molecule has 0 unspecified atom stereocenters. The molecule has 0 bridgehead atoms. The number of aromatic nitrogens is 4. The highest BCUT2D eigenvalue weighted by atomic mass is 16.5. The third-order valence-electron chi connectivity index (χ3n) is 2.93. The van der Waals surface area contributed by atoms with Crippen LogP contribution < -0.4 is 5.32 Å². The molecular weight excluding hydrogens is 256 g/mol. The van der Waals surface area contributed by atoms with Gasteiger partial charge in [-0.05, 0) is 25.3 Å². The summed E-state index contributed by atoms with van der Waals surface area (Å²) in [6.07, 6.45) is 1.50. The minimum absolute atomic E-state index is 0.318. The summed E-state index contributed by atoms with van der Waals surface area (Å²) in [6, 6.07) is 2.20. The summed E-state index contributed by atoms with van der Waals surface area (Å²) in [7, 11) is 0. The fourth-order valence-electron chi connectivity index (χ4n) is 1.99. The first-order chi connectivity index (χ1) is 9.69. The lowest BCUT2D eigenvalue weighted by atomic mass is 10.0.